The fraction of sp³-hybridized carbons (Fsp3) is 0.500. The van der Waals surface area contributed by atoms with Crippen LogP contribution in [0.3, 0.4) is 0 Å². The van der Waals surface area contributed by atoms with Crippen molar-refractivity contribution in [1.82, 2.24) is 21.0 Å². The van der Waals surface area contributed by atoms with E-state index in [1.54, 1.807) is 31.2 Å². The third-order valence-electron chi connectivity index (χ3n) is 6.32. The van der Waals surface area contributed by atoms with Crippen molar-refractivity contribution in [2.45, 2.75) is 58.9 Å². The quantitative estimate of drug-likeness (QED) is 0.0609. The molecule has 6 N–H and O–H groups in total. The number of hydroxylamine groups is 2. The summed E-state index contributed by atoms with van der Waals surface area (Å²) >= 11 is 0. The van der Waals surface area contributed by atoms with Gasteiger partial charge in [-0.2, -0.15) is 0 Å². The van der Waals surface area contributed by atoms with Gasteiger partial charge in [0.1, 0.15) is 11.5 Å². The molecule has 0 bridgehead atoms. The first-order valence-electron chi connectivity index (χ1n) is 13.6. The lowest BCUT2D eigenvalue weighted by atomic mass is 9.90. The van der Waals surface area contributed by atoms with Crippen molar-refractivity contribution in [2.75, 3.05) is 26.4 Å². The van der Waals surface area contributed by atoms with Crippen LogP contribution in [0, 0.1) is 5.92 Å². The van der Waals surface area contributed by atoms with Gasteiger partial charge in [0.25, 0.3) is 11.8 Å². The van der Waals surface area contributed by atoms with Crippen molar-refractivity contribution in [3.8, 4) is 17.1 Å². The molecule has 12 nitrogen and oxygen atoms in total. The Balaban J connectivity index is 2.09. The maximum atomic E-state index is 12.9. The molecule has 2 aromatic rings. The molecule has 12 heteroatoms. The lowest BCUT2D eigenvalue weighted by molar-refractivity contribution is -0.168. The van der Waals surface area contributed by atoms with Crippen LogP contribution in [0.2, 0.25) is 0 Å². The maximum Gasteiger partial charge on any atom is 0.288 e. The highest BCUT2D eigenvalue weighted by molar-refractivity contribution is 5.96. The molecule has 1 heterocycles. The van der Waals surface area contributed by atoms with Crippen LogP contribution in [0.15, 0.2) is 34.7 Å². The van der Waals surface area contributed by atoms with Crippen LogP contribution in [0.25, 0.3) is 11.3 Å². The Labute approximate surface area is 234 Å². The number of nitrogens with two attached hydrogens (primary N) is 1. The van der Waals surface area contributed by atoms with E-state index in [4.69, 9.17) is 14.9 Å². The molecule has 220 valence electrons. The minimum absolute atomic E-state index is 0.00798. The van der Waals surface area contributed by atoms with Crippen LogP contribution in [-0.4, -0.2) is 66.8 Å². The summed E-state index contributed by atoms with van der Waals surface area (Å²) in [5.41, 5.74) is 6.37. The van der Waals surface area contributed by atoms with Crippen LogP contribution in [0.4, 0.5) is 0 Å². The lowest BCUT2D eigenvalue weighted by Gasteiger charge is -2.29. The fourth-order valence-corrected chi connectivity index (χ4v) is 4.30. The molecule has 1 aromatic carbocycles. The van der Waals surface area contributed by atoms with E-state index in [1.807, 2.05) is 13.8 Å². The number of carbonyl (C=O) groups is 4. The number of furan rings is 1. The normalized spacial score (nSPS) is 12.2. The van der Waals surface area contributed by atoms with Gasteiger partial charge in [0.15, 0.2) is 5.76 Å². The third kappa shape index (κ3) is 9.38. The van der Waals surface area contributed by atoms with Crippen molar-refractivity contribution < 1.29 is 33.5 Å². The molecule has 0 saturated carbocycles. The number of hydrogen-bond acceptors (Lipinski definition) is 8. The Kier molecular flexibility index (Phi) is 13.7. The summed E-state index contributed by atoms with van der Waals surface area (Å²) in [6, 6.07) is 7.36. The number of hydrogen-bond donors (Lipinski definition) is 5. The van der Waals surface area contributed by atoms with Gasteiger partial charge < -0.3 is 30.8 Å². The molecular weight excluding hydrogens is 518 g/mol. The number of benzene rings is 1. The summed E-state index contributed by atoms with van der Waals surface area (Å²) < 4.78 is 11.3. The van der Waals surface area contributed by atoms with Crippen LogP contribution in [0.5, 0.6) is 5.75 Å². The van der Waals surface area contributed by atoms with Gasteiger partial charge in [-0.3, -0.25) is 24.4 Å². The third-order valence-corrected chi connectivity index (χ3v) is 6.32. The van der Waals surface area contributed by atoms with Crippen LogP contribution in [0.1, 0.15) is 73.8 Å². The van der Waals surface area contributed by atoms with E-state index in [0.717, 1.165) is 19.3 Å². The summed E-state index contributed by atoms with van der Waals surface area (Å²) in [4.78, 5) is 49.2. The molecule has 40 heavy (non-hydrogen) atoms. The van der Waals surface area contributed by atoms with E-state index < -0.39 is 17.9 Å². The summed E-state index contributed by atoms with van der Waals surface area (Å²) in [6.45, 7) is 6.50. The SMILES string of the molecule is CCCCCC(C(=O)NCNC(=O)c1ccc(-c2cc(OCC)cc(C(=O)NCCN)c2)o1)C(CC)N(O)C=O. The summed E-state index contributed by atoms with van der Waals surface area (Å²) in [5.74, 6) is -1.05. The molecule has 2 atom stereocenters. The molecule has 0 saturated heterocycles. The molecule has 0 fully saturated rings. The van der Waals surface area contributed by atoms with Gasteiger partial charge in [0.05, 0.1) is 25.2 Å². The Hall–Kier alpha value is -3.90. The van der Waals surface area contributed by atoms with Crippen molar-refractivity contribution in [3.05, 3.63) is 41.7 Å². The zero-order valence-electron chi connectivity index (χ0n) is 23.4. The van der Waals surface area contributed by atoms with Gasteiger partial charge in [-0.25, -0.2) is 5.06 Å². The molecular formula is C28H41N5O7. The molecule has 0 aliphatic rings. The highest BCUT2D eigenvalue weighted by Gasteiger charge is 2.30. The topological polar surface area (TPSA) is 176 Å². The number of unbranched alkanes of at least 4 members (excludes halogenated alkanes) is 2. The molecule has 2 rings (SSSR count). The van der Waals surface area contributed by atoms with E-state index in [-0.39, 0.29) is 24.2 Å². The van der Waals surface area contributed by atoms with Gasteiger partial charge in [-0.15, -0.1) is 0 Å². The second kappa shape index (κ2) is 16.9. The Bertz CT molecular complexity index is 1120. The maximum absolute atomic E-state index is 12.9. The number of nitrogens with one attached hydrogen (secondary N) is 3. The highest BCUT2D eigenvalue weighted by atomic mass is 16.5. The van der Waals surface area contributed by atoms with Crippen molar-refractivity contribution >= 4 is 24.1 Å². The van der Waals surface area contributed by atoms with E-state index in [2.05, 4.69) is 16.0 Å². The first-order valence-corrected chi connectivity index (χ1v) is 13.6. The Morgan fingerprint density at radius 2 is 1.85 bits per heavy atom. The predicted molar refractivity (Wildman–Crippen MR) is 149 cm³/mol. The molecule has 1 aromatic heterocycles. The minimum Gasteiger partial charge on any atom is -0.494 e. The zero-order chi connectivity index (χ0) is 29.5. The van der Waals surface area contributed by atoms with Crippen molar-refractivity contribution in [1.29, 1.82) is 0 Å². The fourth-order valence-electron chi connectivity index (χ4n) is 4.30. The number of carbonyl (C=O) groups excluding carboxylic acids is 4. The molecule has 4 amide bonds. The van der Waals surface area contributed by atoms with Crippen LogP contribution >= 0.6 is 0 Å². The van der Waals surface area contributed by atoms with Crippen LogP contribution < -0.4 is 26.4 Å². The average Bonchev–Trinajstić information content (AvgIpc) is 3.46. The van der Waals surface area contributed by atoms with E-state index in [0.29, 0.717) is 66.6 Å². The predicted octanol–water partition coefficient (Wildman–Crippen LogP) is 2.66. The molecule has 0 spiro atoms. The number of nitrogens with zero attached hydrogens (tertiary/aromatic N) is 1. The standard InChI is InChI=1S/C28H41N5O7/c1-4-7-8-9-22(23(5-2)33(38)18-34)27(36)31-17-32-28(37)25-11-10-24(40-25)19-14-20(26(35)30-13-12-29)16-21(15-19)39-6-3/h10-11,14-16,18,22-23,38H,4-9,12-13,17,29H2,1-3H3,(H,30,35)(H,31,36)(H,32,37). The number of ether oxygens (including phenoxy) is 1. The molecule has 0 aliphatic heterocycles. The van der Waals surface area contributed by atoms with Gasteiger partial charge in [-0.1, -0.05) is 33.1 Å². The summed E-state index contributed by atoms with van der Waals surface area (Å²) in [6.07, 6.45) is 3.82. The second-order valence-corrected chi connectivity index (χ2v) is 9.17. The van der Waals surface area contributed by atoms with E-state index in [1.165, 1.54) is 6.07 Å². The van der Waals surface area contributed by atoms with E-state index >= 15 is 0 Å². The molecule has 0 aliphatic carbocycles. The number of amides is 4. The monoisotopic (exact) mass is 559 g/mol. The lowest BCUT2D eigenvalue weighted by Crippen LogP contribution is -2.47. The summed E-state index contributed by atoms with van der Waals surface area (Å²) in [5, 5.41) is 18.5. The Morgan fingerprint density at radius 1 is 1.07 bits per heavy atom. The van der Waals surface area contributed by atoms with Crippen molar-refractivity contribution in [3.63, 3.8) is 0 Å². The first-order chi connectivity index (χ1) is 19.3. The average molecular weight is 560 g/mol. The minimum atomic E-state index is -0.674. The summed E-state index contributed by atoms with van der Waals surface area (Å²) in [7, 11) is 0. The van der Waals surface area contributed by atoms with Gasteiger partial charge >= 0.3 is 0 Å². The van der Waals surface area contributed by atoms with E-state index in [9.17, 15) is 24.4 Å². The first kappa shape index (κ1) is 32.3. The van der Waals surface area contributed by atoms with Gasteiger partial charge in [-0.05, 0) is 50.1 Å². The zero-order valence-corrected chi connectivity index (χ0v) is 23.4. The smallest absolute Gasteiger partial charge is 0.288 e. The Morgan fingerprint density at radius 3 is 2.50 bits per heavy atom. The molecule has 0 radical (unpaired) electrons. The van der Waals surface area contributed by atoms with Crippen molar-refractivity contribution in [2.24, 2.45) is 11.7 Å². The van der Waals surface area contributed by atoms with Gasteiger partial charge in [0.2, 0.25) is 12.3 Å². The second-order valence-electron chi connectivity index (χ2n) is 9.17. The van der Waals surface area contributed by atoms with Gasteiger partial charge in [0, 0.05) is 24.2 Å². The largest absolute Gasteiger partial charge is 0.494 e. The molecule has 2 unspecified atom stereocenters. The number of rotatable bonds is 18. The highest BCUT2D eigenvalue weighted by Crippen LogP contribution is 2.28. The van der Waals surface area contributed by atoms with Crippen LogP contribution in [-0.2, 0) is 9.59 Å².